The Balaban J connectivity index is 2.63. The van der Waals surface area contributed by atoms with E-state index in [9.17, 15) is 5.11 Å². The molecule has 2 N–H and O–H groups in total. The molecule has 0 fully saturated rings. The van der Waals surface area contributed by atoms with Gasteiger partial charge in [-0.3, -0.25) is 0 Å². The van der Waals surface area contributed by atoms with Crippen molar-refractivity contribution in [3.05, 3.63) is 35.4 Å². The van der Waals surface area contributed by atoms with Crippen LogP contribution in [0.15, 0.2) is 24.3 Å². The lowest BCUT2D eigenvalue weighted by Gasteiger charge is -2.09. The van der Waals surface area contributed by atoms with Crippen LogP contribution in [-0.4, -0.2) is 16.8 Å². The van der Waals surface area contributed by atoms with Crippen LogP contribution >= 0.6 is 0 Å². The van der Waals surface area contributed by atoms with Crippen molar-refractivity contribution in [2.45, 2.75) is 18.9 Å². The summed E-state index contributed by atoms with van der Waals surface area (Å²) in [4.78, 5) is 0. The van der Waals surface area contributed by atoms with Gasteiger partial charge >= 0.3 is 0 Å². The summed E-state index contributed by atoms with van der Waals surface area (Å²) < 4.78 is 0. The molecule has 0 saturated heterocycles. The molecule has 2 heteroatoms. The van der Waals surface area contributed by atoms with Gasteiger partial charge in [0.25, 0.3) is 0 Å². The van der Waals surface area contributed by atoms with Gasteiger partial charge in [-0.25, -0.2) is 0 Å². The fraction of sp³-hybridized carbons (Fsp3) is 0.333. The van der Waals surface area contributed by atoms with E-state index in [4.69, 9.17) is 11.5 Å². The molecule has 0 aliphatic carbocycles. The Hall–Kier alpha value is -1.30. The molecule has 0 amide bonds. The quantitative estimate of drug-likeness (QED) is 0.706. The summed E-state index contributed by atoms with van der Waals surface area (Å²) in [6.07, 6.45) is 5.89. The lowest BCUT2D eigenvalue weighted by Crippen LogP contribution is -1.98. The molecule has 1 atom stereocenters. The minimum absolute atomic E-state index is 0.111. The van der Waals surface area contributed by atoms with E-state index in [1.165, 1.54) is 0 Å². The first kappa shape index (κ1) is 10.8. The Morgan fingerprint density at radius 3 is 2.43 bits per heavy atom. The topological polar surface area (TPSA) is 40.5 Å². The molecule has 1 rings (SSSR count). The van der Waals surface area contributed by atoms with Gasteiger partial charge in [0.05, 0.1) is 6.10 Å². The van der Waals surface area contributed by atoms with Crippen LogP contribution in [0.4, 0.5) is 0 Å². The number of rotatable bonds is 4. The van der Waals surface area contributed by atoms with Crippen molar-refractivity contribution >= 4 is 0 Å². The van der Waals surface area contributed by atoms with Crippen molar-refractivity contribution in [3.8, 4) is 12.3 Å². The third kappa shape index (κ3) is 2.88. The van der Waals surface area contributed by atoms with E-state index in [1.807, 2.05) is 12.1 Å². The average molecular weight is 190 g/mol. The summed E-state index contributed by atoms with van der Waals surface area (Å²) in [7, 11) is 0. The number of aliphatic hydroxyl groups excluding tert-OH is 2. The third-order valence-electron chi connectivity index (χ3n) is 2.10. The van der Waals surface area contributed by atoms with Crippen LogP contribution in [-0.2, 0) is 0 Å². The van der Waals surface area contributed by atoms with E-state index in [2.05, 4.69) is 5.92 Å². The summed E-state index contributed by atoms with van der Waals surface area (Å²) >= 11 is 0. The van der Waals surface area contributed by atoms with Crippen molar-refractivity contribution in [3.63, 3.8) is 0 Å². The van der Waals surface area contributed by atoms with Gasteiger partial charge in [-0.05, 0) is 30.5 Å². The minimum Gasteiger partial charge on any atom is -0.396 e. The van der Waals surface area contributed by atoms with Crippen LogP contribution in [0.5, 0.6) is 0 Å². The van der Waals surface area contributed by atoms with E-state index in [0.29, 0.717) is 12.8 Å². The van der Waals surface area contributed by atoms with E-state index in [-0.39, 0.29) is 6.61 Å². The first-order valence-electron chi connectivity index (χ1n) is 4.63. The molecule has 0 spiro atoms. The van der Waals surface area contributed by atoms with E-state index in [0.717, 1.165) is 11.1 Å². The van der Waals surface area contributed by atoms with Gasteiger partial charge in [-0.15, -0.1) is 6.42 Å². The molecule has 1 unspecified atom stereocenters. The molecular formula is C12H14O2. The number of terminal acetylenes is 1. The summed E-state index contributed by atoms with van der Waals surface area (Å²) in [5.74, 6) is 2.51. The van der Waals surface area contributed by atoms with Crippen LogP contribution < -0.4 is 0 Å². The zero-order chi connectivity index (χ0) is 10.4. The van der Waals surface area contributed by atoms with Crippen LogP contribution in [0.2, 0.25) is 0 Å². The maximum Gasteiger partial charge on any atom is 0.0790 e. The highest BCUT2D eigenvalue weighted by molar-refractivity contribution is 5.34. The highest BCUT2D eigenvalue weighted by atomic mass is 16.3. The van der Waals surface area contributed by atoms with Crippen LogP contribution in [0, 0.1) is 12.3 Å². The Labute approximate surface area is 84.2 Å². The lowest BCUT2D eigenvalue weighted by atomic mass is 10.0. The second kappa shape index (κ2) is 5.43. The summed E-state index contributed by atoms with van der Waals surface area (Å²) in [6, 6.07) is 7.24. The largest absolute Gasteiger partial charge is 0.396 e. The van der Waals surface area contributed by atoms with Gasteiger partial charge in [0.1, 0.15) is 0 Å². The van der Waals surface area contributed by atoms with Crippen LogP contribution in [0.3, 0.4) is 0 Å². The number of hydrogen-bond donors (Lipinski definition) is 2. The Kier molecular flexibility index (Phi) is 4.18. The molecule has 0 aliphatic heterocycles. The van der Waals surface area contributed by atoms with Gasteiger partial charge in [0, 0.05) is 12.2 Å². The second-order valence-electron chi connectivity index (χ2n) is 3.15. The molecule has 0 aromatic heterocycles. The summed E-state index contributed by atoms with van der Waals surface area (Å²) in [5.41, 5.74) is 1.65. The van der Waals surface area contributed by atoms with E-state index in [1.54, 1.807) is 12.1 Å². The first-order valence-corrected chi connectivity index (χ1v) is 4.63. The second-order valence-corrected chi connectivity index (χ2v) is 3.15. The molecule has 0 heterocycles. The number of benzene rings is 1. The molecule has 0 aliphatic rings. The molecule has 0 saturated carbocycles. The van der Waals surface area contributed by atoms with Gasteiger partial charge in [0.15, 0.2) is 0 Å². The predicted octanol–water partition coefficient (Wildman–Crippen LogP) is 1.47. The molecule has 1 aromatic rings. The smallest absolute Gasteiger partial charge is 0.0790 e. The summed E-state index contributed by atoms with van der Waals surface area (Å²) in [6.45, 7) is 0.111. The van der Waals surface area contributed by atoms with Crippen molar-refractivity contribution in [1.29, 1.82) is 0 Å². The number of hydrogen-bond acceptors (Lipinski definition) is 2. The van der Waals surface area contributed by atoms with Gasteiger partial charge in [-0.2, -0.15) is 0 Å². The van der Waals surface area contributed by atoms with Crippen molar-refractivity contribution in [2.24, 2.45) is 0 Å². The van der Waals surface area contributed by atoms with Crippen molar-refractivity contribution < 1.29 is 10.2 Å². The highest BCUT2D eigenvalue weighted by Crippen LogP contribution is 2.18. The zero-order valence-corrected chi connectivity index (χ0v) is 7.98. The third-order valence-corrected chi connectivity index (χ3v) is 2.10. The zero-order valence-electron chi connectivity index (χ0n) is 7.98. The van der Waals surface area contributed by atoms with E-state index < -0.39 is 6.10 Å². The predicted molar refractivity (Wildman–Crippen MR) is 55.7 cm³/mol. The maximum atomic E-state index is 9.65. The number of aliphatic hydroxyl groups is 2. The Bertz CT molecular complexity index is 308. The fourth-order valence-electron chi connectivity index (χ4n) is 1.25. The van der Waals surface area contributed by atoms with E-state index >= 15 is 0 Å². The Morgan fingerprint density at radius 2 is 1.93 bits per heavy atom. The van der Waals surface area contributed by atoms with Crippen molar-refractivity contribution in [1.82, 2.24) is 0 Å². The molecule has 0 radical (unpaired) electrons. The Morgan fingerprint density at radius 1 is 1.29 bits per heavy atom. The molecular weight excluding hydrogens is 176 g/mol. The summed E-state index contributed by atoms with van der Waals surface area (Å²) in [5, 5.41) is 18.3. The first-order chi connectivity index (χ1) is 6.77. The van der Waals surface area contributed by atoms with Crippen LogP contribution in [0.1, 0.15) is 30.1 Å². The lowest BCUT2D eigenvalue weighted by molar-refractivity contribution is 0.152. The molecule has 14 heavy (non-hydrogen) atoms. The normalized spacial score (nSPS) is 12.1. The molecule has 74 valence electrons. The van der Waals surface area contributed by atoms with Crippen molar-refractivity contribution in [2.75, 3.05) is 6.61 Å². The molecule has 2 nitrogen and oxygen atoms in total. The highest BCUT2D eigenvalue weighted by Gasteiger charge is 2.05. The van der Waals surface area contributed by atoms with Crippen LogP contribution in [0.25, 0.3) is 0 Å². The standard InChI is InChI=1S/C12H14O2/c1-2-10-5-7-11(8-6-10)12(14)4-3-9-13/h1,5-8,12-14H,3-4,9H2. The van der Waals surface area contributed by atoms with Gasteiger partial charge < -0.3 is 10.2 Å². The van der Waals surface area contributed by atoms with Gasteiger partial charge in [0.2, 0.25) is 0 Å². The minimum atomic E-state index is -0.506. The average Bonchev–Trinajstić information content (AvgIpc) is 2.26. The molecule has 0 bridgehead atoms. The SMILES string of the molecule is C#Cc1ccc(C(O)CCCO)cc1. The maximum absolute atomic E-state index is 9.65. The van der Waals surface area contributed by atoms with Gasteiger partial charge in [-0.1, -0.05) is 18.1 Å². The monoisotopic (exact) mass is 190 g/mol. The molecule has 1 aromatic carbocycles. The fourth-order valence-corrected chi connectivity index (χ4v) is 1.25.